The molecule has 0 saturated carbocycles. The first-order valence-electron chi connectivity index (χ1n) is 11.3. The van der Waals surface area contributed by atoms with Crippen molar-refractivity contribution in [3.05, 3.63) is 53.3 Å². The van der Waals surface area contributed by atoms with Crippen LogP contribution in [0.5, 0.6) is 5.75 Å². The molecule has 1 saturated heterocycles. The van der Waals surface area contributed by atoms with E-state index in [2.05, 4.69) is 0 Å². The second-order valence-corrected chi connectivity index (χ2v) is 8.36. The number of aliphatic hydroxyl groups is 4. The third kappa shape index (κ3) is 6.40. The maximum absolute atomic E-state index is 12.6. The fourth-order valence-electron chi connectivity index (χ4n) is 3.99. The number of carbonyl (C=O) groups excluding carboxylic acids is 1. The molecule has 198 valence electrons. The lowest BCUT2D eigenvalue weighted by molar-refractivity contribution is -0.327. The van der Waals surface area contributed by atoms with Gasteiger partial charge in [-0.3, -0.25) is 4.79 Å². The number of hydrogen-bond donors (Lipinski definition) is 6. The van der Waals surface area contributed by atoms with Crippen LogP contribution in [-0.2, 0) is 35.0 Å². The van der Waals surface area contributed by atoms with Crippen LogP contribution in [-0.4, -0.2) is 92.8 Å². The molecule has 0 bridgehead atoms. The summed E-state index contributed by atoms with van der Waals surface area (Å²) in [7, 11) is 0. The molecule has 2 heterocycles. The Morgan fingerprint density at radius 3 is 2.39 bits per heavy atom. The van der Waals surface area contributed by atoms with E-state index >= 15 is 0 Å². The molecule has 7 atom stereocenters. The molecule has 12 nitrogen and oxygen atoms in total. The van der Waals surface area contributed by atoms with E-state index in [1.807, 2.05) is 0 Å². The molecule has 0 amide bonds. The molecule has 0 radical (unpaired) electrons. The normalized spacial score (nSPS) is 31.4. The van der Waals surface area contributed by atoms with Crippen LogP contribution in [0.15, 0.2) is 47.7 Å². The van der Waals surface area contributed by atoms with Crippen LogP contribution in [0.4, 0.5) is 0 Å². The van der Waals surface area contributed by atoms with Crippen LogP contribution in [0.1, 0.15) is 18.9 Å². The first-order valence-corrected chi connectivity index (χ1v) is 11.3. The van der Waals surface area contributed by atoms with E-state index in [1.54, 1.807) is 19.1 Å². The third-order valence-electron chi connectivity index (χ3n) is 6.02. The molecule has 36 heavy (non-hydrogen) atoms. The van der Waals surface area contributed by atoms with Gasteiger partial charge in [0.25, 0.3) is 0 Å². The molecule has 3 rings (SSSR count). The molecule has 12 heteroatoms. The largest absolute Gasteiger partial charge is 0.508 e. The van der Waals surface area contributed by atoms with Gasteiger partial charge in [-0.15, -0.1) is 0 Å². The molecule has 6 N–H and O–H groups in total. The zero-order valence-electron chi connectivity index (χ0n) is 19.5. The van der Waals surface area contributed by atoms with Crippen molar-refractivity contribution >= 4 is 11.9 Å². The molecule has 0 unspecified atom stereocenters. The lowest BCUT2D eigenvalue weighted by Gasteiger charge is -2.41. The lowest BCUT2D eigenvalue weighted by Crippen LogP contribution is -2.60. The number of carboxylic acid groups (broad SMARTS) is 1. The van der Waals surface area contributed by atoms with Crippen molar-refractivity contribution in [2.75, 3.05) is 13.2 Å². The Bertz CT molecular complexity index is 970. The topological polar surface area (TPSA) is 192 Å². The predicted molar refractivity (Wildman–Crippen MR) is 120 cm³/mol. The number of benzene rings is 1. The Morgan fingerprint density at radius 1 is 1.08 bits per heavy atom. The van der Waals surface area contributed by atoms with Gasteiger partial charge in [-0.1, -0.05) is 18.2 Å². The highest BCUT2D eigenvalue weighted by molar-refractivity contribution is 5.89. The van der Waals surface area contributed by atoms with E-state index in [0.717, 1.165) is 11.8 Å². The Morgan fingerprint density at radius 2 is 1.78 bits per heavy atom. The number of allylic oxidation sites excluding steroid dienone is 1. The molecule has 0 aromatic heterocycles. The summed E-state index contributed by atoms with van der Waals surface area (Å²) in [6, 6.07) is 6.39. The number of carbonyl (C=O) groups is 2. The zero-order chi connectivity index (χ0) is 26.4. The first kappa shape index (κ1) is 27.6. The van der Waals surface area contributed by atoms with Gasteiger partial charge in [0.05, 0.1) is 31.5 Å². The molecule has 0 spiro atoms. The number of phenolic OH excluding ortho intramolecular Hbond substituents is 1. The van der Waals surface area contributed by atoms with E-state index in [0.29, 0.717) is 6.42 Å². The molecule has 2 aliphatic heterocycles. The minimum absolute atomic E-state index is 0.0366. The van der Waals surface area contributed by atoms with Crippen molar-refractivity contribution in [2.24, 2.45) is 5.92 Å². The summed E-state index contributed by atoms with van der Waals surface area (Å²) >= 11 is 0. The summed E-state index contributed by atoms with van der Waals surface area (Å²) in [6.45, 7) is 0.958. The summed E-state index contributed by atoms with van der Waals surface area (Å²) in [4.78, 5) is 24.4. The van der Waals surface area contributed by atoms with E-state index in [4.69, 9.17) is 18.9 Å². The third-order valence-corrected chi connectivity index (χ3v) is 6.02. The lowest BCUT2D eigenvalue weighted by atomic mass is 9.86. The fraction of sp³-hybridized carbons (Fsp3) is 0.500. The Balaban J connectivity index is 1.68. The van der Waals surface area contributed by atoms with Crippen LogP contribution in [0.2, 0.25) is 0 Å². The Kier molecular flexibility index (Phi) is 9.43. The smallest absolute Gasteiger partial charge is 0.335 e. The monoisotopic (exact) mass is 510 g/mol. The SMILES string of the molecule is CC=C1[C@H](O[C@H]2O[C@H](CO)[C@@H](O)[C@H](O)[C@H]2O)OC=C(C(=O)O)[C@H]1CC(=O)OCCc1ccc(O)cc1. The number of phenols is 1. The number of ether oxygens (including phenoxy) is 4. The maximum Gasteiger partial charge on any atom is 0.335 e. The molecule has 2 aliphatic rings. The predicted octanol–water partition coefficient (Wildman–Crippen LogP) is -0.428. The van der Waals surface area contributed by atoms with Crippen LogP contribution >= 0.6 is 0 Å². The molecular weight excluding hydrogens is 480 g/mol. The van der Waals surface area contributed by atoms with Crippen molar-refractivity contribution in [3.63, 3.8) is 0 Å². The molecular formula is C24H30O12. The van der Waals surface area contributed by atoms with Gasteiger partial charge in [0, 0.05) is 17.9 Å². The quantitative estimate of drug-likeness (QED) is 0.186. The minimum Gasteiger partial charge on any atom is -0.508 e. The molecule has 1 aromatic rings. The summed E-state index contributed by atoms with van der Waals surface area (Å²) < 4.78 is 21.6. The van der Waals surface area contributed by atoms with Gasteiger partial charge in [0.1, 0.15) is 30.2 Å². The van der Waals surface area contributed by atoms with Gasteiger partial charge >= 0.3 is 11.9 Å². The van der Waals surface area contributed by atoms with Gasteiger partial charge in [-0.25, -0.2) is 4.79 Å². The zero-order valence-corrected chi connectivity index (χ0v) is 19.5. The van der Waals surface area contributed by atoms with E-state index in [1.165, 1.54) is 18.2 Å². The highest BCUT2D eigenvalue weighted by Gasteiger charge is 2.46. The number of carboxylic acids is 1. The number of aromatic hydroxyl groups is 1. The van der Waals surface area contributed by atoms with Crippen molar-refractivity contribution in [2.45, 2.75) is 56.8 Å². The van der Waals surface area contributed by atoms with E-state index < -0.39 is 61.5 Å². The van der Waals surface area contributed by atoms with E-state index in [-0.39, 0.29) is 29.9 Å². The highest BCUT2D eigenvalue weighted by Crippen LogP contribution is 2.35. The second-order valence-electron chi connectivity index (χ2n) is 8.36. The number of hydrogen-bond acceptors (Lipinski definition) is 11. The Hall–Kier alpha value is -3.00. The average Bonchev–Trinajstić information content (AvgIpc) is 2.85. The minimum atomic E-state index is -1.70. The molecule has 0 aliphatic carbocycles. The van der Waals surface area contributed by atoms with Crippen molar-refractivity contribution in [1.82, 2.24) is 0 Å². The van der Waals surface area contributed by atoms with Gasteiger partial charge in [0.15, 0.2) is 6.29 Å². The highest BCUT2D eigenvalue weighted by atomic mass is 16.8. The van der Waals surface area contributed by atoms with Crippen LogP contribution in [0.25, 0.3) is 0 Å². The van der Waals surface area contributed by atoms with Crippen molar-refractivity contribution < 1.29 is 59.2 Å². The van der Waals surface area contributed by atoms with Crippen LogP contribution in [0.3, 0.4) is 0 Å². The number of rotatable bonds is 9. The van der Waals surface area contributed by atoms with E-state index in [9.17, 15) is 40.2 Å². The Labute approximate surface area is 206 Å². The first-order chi connectivity index (χ1) is 17.2. The second kappa shape index (κ2) is 12.3. The summed E-state index contributed by atoms with van der Waals surface area (Å²) in [5.74, 6) is -2.86. The van der Waals surface area contributed by atoms with Crippen LogP contribution < -0.4 is 0 Å². The van der Waals surface area contributed by atoms with Gasteiger partial charge in [-0.05, 0) is 24.6 Å². The summed E-state index contributed by atoms with van der Waals surface area (Å²) in [6.07, 6.45) is -6.52. The summed E-state index contributed by atoms with van der Waals surface area (Å²) in [5, 5.41) is 58.5. The fourth-order valence-corrected chi connectivity index (χ4v) is 3.99. The summed E-state index contributed by atoms with van der Waals surface area (Å²) in [5.41, 5.74) is 0.856. The average molecular weight is 510 g/mol. The molecule has 1 fully saturated rings. The van der Waals surface area contributed by atoms with Gasteiger partial charge in [-0.2, -0.15) is 0 Å². The number of esters is 1. The standard InChI is InChI=1S/C24H30O12/c1-2-14-15(9-18(27)33-8-7-12-3-5-13(26)6-4-12)16(22(31)32)11-34-23(14)36-24-21(30)20(29)19(28)17(10-25)35-24/h2-6,11,15,17,19-21,23-26,28-30H,7-10H2,1H3,(H,31,32)/t15-,17+,19+,20-,21+,23-,24+/m0/s1. The van der Waals surface area contributed by atoms with Crippen molar-refractivity contribution in [1.29, 1.82) is 0 Å². The number of aliphatic carboxylic acids is 1. The maximum atomic E-state index is 12.6. The van der Waals surface area contributed by atoms with Crippen LogP contribution in [0, 0.1) is 5.92 Å². The van der Waals surface area contributed by atoms with Gasteiger partial charge in [0.2, 0.25) is 6.29 Å². The number of aliphatic hydroxyl groups excluding tert-OH is 4. The van der Waals surface area contributed by atoms with Gasteiger partial charge < -0.3 is 49.6 Å². The van der Waals surface area contributed by atoms with Crippen molar-refractivity contribution in [3.8, 4) is 5.75 Å². The molecule has 1 aromatic carbocycles.